The van der Waals surface area contributed by atoms with E-state index in [1.54, 1.807) is 17.0 Å². The van der Waals surface area contributed by atoms with Gasteiger partial charge in [0.15, 0.2) is 5.13 Å². The second-order valence-electron chi connectivity index (χ2n) is 9.11. The van der Waals surface area contributed by atoms with Gasteiger partial charge in [0.25, 0.3) is 5.91 Å². The molecule has 0 atom stereocenters. The van der Waals surface area contributed by atoms with E-state index in [2.05, 4.69) is 17.9 Å². The van der Waals surface area contributed by atoms with Gasteiger partial charge in [-0.2, -0.15) is 0 Å². The summed E-state index contributed by atoms with van der Waals surface area (Å²) in [6.45, 7) is 5.35. The largest absolute Gasteiger partial charge is 0.422 e. The summed E-state index contributed by atoms with van der Waals surface area (Å²) >= 11 is 1.47. The summed E-state index contributed by atoms with van der Waals surface area (Å²) in [7, 11) is 4.00. The molecule has 0 bridgehead atoms. The van der Waals surface area contributed by atoms with E-state index in [0.717, 1.165) is 50.5 Å². The average Bonchev–Trinajstić information content (AvgIpc) is 3.28. The topological polar surface area (TPSA) is 66.7 Å². The van der Waals surface area contributed by atoms with Crippen LogP contribution in [0.25, 0.3) is 32.0 Å². The molecule has 0 aliphatic carbocycles. The van der Waals surface area contributed by atoms with E-state index < -0.39 is 5.63 Å². The van der Waals surface area contributed by atoms with Crippen LogP contribution in [0.4, 0.5) is 5.13 Å². The molecule has 1 amide bonds. The summed E-state index contributed by atoms with van der Waals surface area (Å²) in [5, 5.41) is 3.30. The maximum absolute atomic E-state index is 13.9. The van der Waals surface area contributed by atoms with E-state index in [0.29, 0.717) is 17.3 Å². The summed E-state index contributed by atoms with van der Waals surface area (Å²) in [5.74, 6) is -0.388. The van der Waals surface area contributed by atoms with Crippen LogP contribution in [0.15, 0.2) is 63.8 Å². The lowest BCUT2D eigenvalue weighted by atomic mass is 10.0. The Morgan fingerprint density at radius 1 is 1.00 bits per heavy atom. The number of fused-ring (bicyclic) bond motifs is 4. The minimum Gasteiger partial charge on any atom is -0.422 e. The summed E-state index contributed by atoms with van der Waals surface area (Å²) in [5.41, 5.74) is 3.00. The molecule has 2 heterocycles. The van der Waals surface area contributed by atoms with E-state index in [1.807, 2.05) is 57.4 Å². The fourth-order valence-corrected chi connectivity index (χ4v) is 5.37. The predicted octanol–water partition coefficient (Wildman–Crippen LogP) is 5.77. The monoisotopic (exact) mass is 485 g/mol. The Balaban J connectivity index is 1.63. The second-order valence-corrected chi connectivity index (χ2v) is 10.1. The molecule has 0 aliphatic heterocycles. The molecule has 35 heavy (non-hydrogen) atoms. The number of carbonyl (C=O) groups is 1. The number of amides is 1. The van der Waals surface area contributed by atoms with Crippen LogP contribution in [-0.2, 0) is 0 Å². The highest BCUT2D eigenvalue weighted by Gasteiger charge is 2.25. The summed E-state index contributed by atoms with van der Waals surface area (Å²) in [4.78, 5) is 35.4. The molecule has 2 aromatic heterocycles. The third kappa shape index (κ3) is 4.33. The van der Waals surface area contributed by atoms with Crippen molar-refractivity contribution in [3.8, 4) is 0 Å². The van der Waals surface area contributed by atoms with Gasteiger partial charge in [0.1, 0.15) is 11.1 Å². The van der Waals surface area contributed by atoms with Gasteiger partial charge in [-0.15, -0.1) is 0 Å². The molecule has 0 unspecified atom stereocenters. The number of aryl methyl sites for hydroxylation is 2. The van der Waals surface area contributed by atoms with Crippen LogP contribution in [-0.4, -0.2) is 43.0 Å². The van der Waals surface area contributed by atoms with Crippen molar-refractivity contribution in [1.29, 1.82) is 0 Å². The molecule has 0 spiro atoms. The molecule has 0 N–H and O–H groups in total. The van der Waals surface area contributed by atoms with Crippen molar-refractivity contribution in [2.24, 2.45) is 0 Å². The highest BCUT2D eigenvalue weighted by Crippen LogP contribution is 2.33. The van der Waals surface area contributed by atoms with Crippen LogP contribution in [0.5, 0.6) is 0 Å². The molecule has 0 aliphatic rings. The number of rotatable bonds is 6. The van der Waals surface area contributed by atoms with Gasteiger partial charge in [0, 0.05) is 11.9 Å². The molecule has 178 valence electrons. The predicted molar refractivity (Wildman–Crippen MR) is 144 cm³/mol. The van der Waals surface area contributed by atoms with Crippen molar-refractivity contribution in [2.45, 2.75) is 20.3 Å². The third-order valence-electron chi connectivity index (χ3n) is 6.41. The smallest absolute Gasteiger partial charge is 0.349 e. The first-order chi connectivity index (χ1) is 16.8. The molecule has 0 saturated heterocycles. The first-order valence-electron chi connectivity index (χ1n) is 11.6. The van der Waals surface area contributed by atoms with Gasteiger partial charge in [0.05, 0.1) is 10.2 Å². The molecule has 0 radical (unpaired) electrons. The minimum absolute atomic E-state index is 0.0193. The van der Waals surface area contributed by atoms with E-state index in [4.69, 9.17) is 9.40 Å². The standard InChI is InChI=1S/C28H27N3O3S/c1-17-10-13-24-25(18(17)2)29-28(35-24)31(15-7-14-30(3)4)26(32)22-16-21-20-9-6-5-8-19(20)11-12-23(21)34-27(22)33/h5-6,8-13,16H,7,14-15H2,1-4H3. The summed E-state index contributed by atoms with van der Waals surface area (Å²) in [6, 6.07) is 17.4. The van der Waals surface area contributed by atoms with Gasteiger partial charge in [-0.25, -0.2) is 9.78 Å². The van der Waals surface area contributed by atoms with Crippen molar-refractivity contribution in [1.82, 2.24) is 9.88 Å². The molecule has 5 rings (SSSR count). The maximum Gasteiger partial charge on any atom is 0.349 e. The first kappa shape index (κ1) is 23.2. The van der Waals surface area contributed by atoms with Gasteiger partial charge in [0.2, 0.25) is 0 Å². The Morgan fingerprint density at radius 3 is 2.60 bits per heavy atom. The number of thiazole rings is 1. The number of carbonyl (C=O) groups excluding carboxylic acids is 1. The number of nitrogens with zero attached hydrogens (tertiary/aromatic N) is 3. The Hall–Kier alpha value is -3.55. The molecular weight excluding hydrogens is 458 g/mol. The van der Waals surface area contributed by atoms with Crippen LogP contribution in [0.3, 0.4) is 0 Å². The van der Waals surface area contributed by atoms with Crippen molar-refractivity contribution in [2.75, 3.05) is 32.1 Å². The van der Waals surface area contributed by atoms with Crippen LogP contribution in [0.2, 0.25) is 0 Å². The summed E-state index contributed by atoms with van der Waals surface area (Å²) in [6.07, 6.45) is 0.745. The number of anilines is 1. The van der Waals surface area contributed by atoms with Gasteiger partial charge >= 0.3 is 5.63 Å². The number of aromatic nitrogens is 1. The molecule has 6 nitrogen and oxygen atoms in total. The van der Waals surface area contributed by atoms with Gasteiger partial charge < -0.3 is 9.32 Å². The maximum atomic E-state index is 13.9. The van der Waals surface area contributed by atoms with E-state index in [1.165, 1.54) is 11.3 Å². The van der Waals surface area contributed by atoms with Crippen molar-refractivity contribution < 1.29 is 9.21 Å². The van der Waals surface area contributed by atoms with Gasteiger partial charge in [-0.3, -0.25) is 9.69 Å². The molecular formula is C28H27N3O3S. The number of hydrogen-bond acceptors (Lipinski definition) is 6. The lowest BCUT2D eigenvalue weighted by molar-refractivity contribution is 0.0982. The zero-order chi connectivity index (χ0) is 24.7. The van der Waals surface area contributed by atoms with Crippen LogP contribution in [0, 0.1) is 13.8 Å². The van der Waals surface area contributed by atoms with E-state index >= 15 is 0 Å². The number of benzene rings is 3. The molecule has 0 saturated carbocycles. The molecule has 5 aromatic rings. The lowest BCUT2D eigenvalue weighted by Gasteiger charge is -2.20. The van der Waals surface area contributed by atoms with Crippen LogP contribution < -0.4 is 10.5 Å². The van der Waals surface area contributed by atoms with Crippen LogP contribution in [0.1, 0.15) is 27.9 Å². The quantitative estimate of drug-likeness (QED) is 0.226. The SMILES string of the molecule is Cc1ccc2sc(N(CCCN(C)C)C(=O)c3cc4c(ccc5ccccc54)oc3=O)nc2c1C. The third-order valence-corrected chi connectivity index (χ3v) is 7.45. The minimum atomic E-state index is -0.636. The second kappa shape index (κ2) is 9.24. The molecule has 7 heteroatoms. The Kier molecular flexibility index (Phi) is 6.13. The highest BCUT2D eigenvalue weighted by molar-refractivity contribution is 7.22. The van der Waals surface area contributed by atoms with E-state index in [9.17, 15) is 9.59 Å². The Labute approximate surface area is 207 Å². The zero-order valence-electron chi connectivity index (χ0n) is 20.3. The first-order valence-corrected chi connectivity index (χ1v) is 12.4. The molecule has 3 aromatic carbocycles. The average molecular weight is 486 g/mol. The van der Waals surface area contributed by atoms with Crippen molar-refractivity contribution in [3.05, 3.63) is 81.7 Å². The van der Waals surface area contributed by atoms with Crippen molar-refractivity contribution in [3.63, 3.8) is 0 Å². The normalized spacial score (nSPS) is 11.7. The highest BCUT2D eigenvalue weighted by atomic mass is 32.1. The van der Waals surface area contributed by atoms with E-state index in [-0.39, 0.29) is 11.5 Å². The number of hydrogen-bond donors (Lipinski definition) is 0. The van der Waals surface area contributed by atoms with Gasteiger partial charge in [-0.1, -0.05) is 47.7 Å². The van der Waals surface area contributed by atoms with Crippen LogP contribution >= 0.6 is 11.3 Å². The zero-order valence-corrected chi connectivity index (χ0v) is 21.1. The lowest BCUT2D eigenvalue weighted by Crippen LogP contribution is -2.36. The molecule has 0 fully saturated rings. The van der Waals surface area contributed by atoms with Crippen molar-refractivity contribution >= 4 is 54.3 Å². The van der Waals surface area contributed by atoms with Gasteiger partial charge in [-0.05, 0) is 81.0 Å². The Bertz CT molecular complexity index is 1630. The fourth-order valence-electron chi connectivity index (χ4n) is 4.32. The fraction of sp³-hybridized carbons (Fsp3) is 0.250. The Morgan fingerprint density at radius 2 is 1.80 bits per heavy atom. The summed E-state index contributed by atoms with van der Waals surface area (Å²) < 4.78 is 6.63.